The number of phosphoric acid groups is 1. The van der Waals surface area contributed by atoms with E-state index < -0.39 is 26.5 Å². The van der Waals surface area contributed by atoms with Gasteiger partial charge in [0.2, 0.25) is 0 Å². The quantitative estimate of drug-likeness (QED) is 0.0211. The molecule has 84 heavy (non-hydrogen) atoms. The average Bonchev–Trinajstić information content (AvgIpc) is 3.61. The summed E-state index contributed by atoms with van der Waals surface area (Å²) in [5, 5.41) is 0. The lowest BCUT2D eigenvalue weighted by Gasteiger charge is -2.24. The number of rotatable bonds is 58. The van der Waals surface area contributed by atoms with E-state index >= 15 is 0 Å². The predicted molar refractivity (Wildman–Crippen MR) is 362 cm³/mol. The number of quaternary nitrogens is 1. The number of hydrogen-bond donors (Lipinski definition) is 1. The van der Waals surface area contributed by atoms with Crippen molar-refractivity contribution in [2.24, 2.45) is 0 Å². The summed E-state index contributed by atoms with van der Waals surface area (Å²) in [6.45, 7) is 4.14. The first-order valence-electron chi connectivity index (χ1n) is 32.9. The summed E-state index contributed by atoms with van der Waals surface area (Å²) in [6, 6.07) is 0. The monoisotopic (exact) mass is 1180 g/mol. The summed E-state index contributed by atoms with van der Waals surface area (Å²) in [5.74, 6) is -0.860. The van der Waals surface area contributed by atoms with Crippen molar-refractivity contribution in [1.29, 1.82) is 0 Å². The molecule has 2 atom stereocenters. The van der Waals surface area contributed by atoms with Gasteiger partial charge in [-0.15, -0.1) is 0 Å². The molecule has 0 aromatic heterocycles. The van der Waals surface area contributed by atoms with E-state index in [0.29, 0.717) is 17.4 Å². The van der Waals surface area contributed by atoms with Crippen LogP contribution >= 0.6 is 7.82 Å². The standard InChI is InChI=1S/C74H120NO8P/c1-6-8-10-12-14-16-18-20-22-24-26-28-30-32-34-35-36-37-38-39-41-43-45-47-49-51-53-55-57-59-61-63-65-67-74(77)83-72(71-82-84(78,79)81-69-68-75(3,4)5)70-80-73(76)66-64-62-60-58-56-54-52-50-48-46-44-42-40-33-31-29-27-25-23-21-19-17-15-13-11-9-7-2/h8-11,14-17,20-23,26-29,32,34,36-37,39,41,45,47,51,53,57,59,72H,6-7,12-13,18-19,24-25,30-31,33,35,38,40,42-44,46,48-50,52,54-56,58,60-71H2,1-5H3/p+1/b10-8-,11-9-,16-14-,17-15-,22-20-,23-21-,28-26-,29-27-,34-32-,37-36-,41-39-,47-45-,53-51-,59-57-. The van der Waals surface area contributed by atoms with E-state index in [0.717, 1.165) is 122 Å². The van der Waals surface area contributed by atoms with Crippen molar-refractivity contribution < 1.29 is 42.1 Å². The van der Waals surface area contributed by atoms with E-state index in [2.05, 4.69) is 184 Å². The molecule has 0 saturated heterocycles. The zero-order valence-electron chi connectivity index (χ0n) is 53.8. The predicted octanol–water partition coefficient (Wildman–Crippen LogP) is 21.4. The highest BCUT2D eigenvalue weighted by Gasteiger charge is 2.27. The molecule has 1 N–H and O–H groups in total. The molecule has 0 aliphatic rings. The van der Waals surface area contributed by atoms with Crippen LogP contribution in [0.15, 0.2) is 170 Å². The Labute approximate surface area is 515 Å². The minimum Gasteiger partial charge on any atom is -0.462 e. The first-order chi connectivity index (χ1) is 41.0. The number of unbranched alkanes of at least 4 members (excludes halogenated alkanes) is 16. The van der Waals surface area contributed by atoms with Crippen LogP contribution in [0.4, 0.5) is 0 Å². The van der Waals surface area contributed by atoms with Gasteiger partial charge in [0, 0.05) is 12.8 Å². The number of ether oxygens (including phenoxy) is 2. The zero-order chi connectivity index (χ0) is 61.2. The number of carbonyl (C=O) groups is 2. The summed E-state index contributed by atoms with van der Waals surface area (Å²) in [5.41, 5.74) is 0. The van der Waals surface area contributed by atoms with E-state index in [1.54, 1.807) is 0 Å². The minimum absolute atomic E-state index is 0.0137. The molecule has 9 nitrogen and oxygen atoms in total. The van der Waals surface area contributed by atoms with Gasteiger partial charge in [-0.25, -0.2) is 4.57 Å². The van der Waals surface area contributed by atoms with Crippen molar-refractivity contribution in [3.8, 4) is 0 Å². The molecule has 0 bridgehead atoms. The third-order valence-corrected chi connectivity index (χ3v) is 14.2. The molecule has 0 aromatic rings. The van der Waals surface area contributed by atoms with Crippen LogP contribution in [0.2, 0.25) is 0 Å². The molecule has 0 aromatic carbocycles. The van der Waals surface area contributed by atoms with Gasteiger partial charge in [-0.3, -0.25) is 18.6 Å². The average molecular weight is 1180 g/mol. The molecule has 0 aliphatic heterocycles. The van der Waals surface area contributed by atoms with E-state index in [4.69, 9.17) is 18.5 Å². The first kappa shape index (κ1) is 79.4. The van der Waals surface area contributed by atoms with Gasteiger partial charge in [-0.05, 0) is 128 Å². The van der Waals surface area contributed by atoms with Gasteiger partial charge in [0.15, 0.2) is 6.10 Å². The Hall–Kier alpha value is -4.63. The highest BCUT2D eigenvalue weighted by atomic mass is 31.2. The molecule has 0 amide bonds. The Morgan fingerprint density at radius 1 is 0.369 bits per heavy atom. The third-order valence-electron chi connectivity index (χ3n) is 13.2. The fraction of sp³-hybridized carbons (Fsp3) is 0.595. The van der Waals surface area contributed by atoms with Gasteiger partial charge in [-0.1, -0.05) is 261 Å². The van der Waals surface area contributed by atoms with Crippen molar-refractivity contribution in [1.82, 2.24) is 0 Å². The van der Waals surface area contributed by atoms with Crippen LogP contribution in [0, 0.1) is 0 Å². The maximum atomic E-state index is 12.8. The number of phosphoric ester groups is 1. The molecule has 0 heterocycles. The van der Waals surface area contributed by atoms with Gasteiger partial charge in [0.1, 0.15) is 19.8 Å². The maximum absolute atomic E-state index is 12.8. The van der Waals surface area contributed by atoms with Crippen LogP contribution in [0.1, 0.15) is 232 Å². The molecule has 0 aliphatic carbocycles. The van der Waals surface area contributed by atoms with Gasteiger partial charge < -0.3 is 18.9 Å². The Kier molecular flexibility index (Phi) is 59.4. The third kappa shape index (κ3) is 66.5. The Bertz CT molecular complexity index is 2020. The lowest BCUT2D eigenvalue weighted by Crippen LogP contribution is -2.37. The fourth-order valence-corrected chi connectivity index (χ4v) is 9.01. The van der Waals surface area contributed by atoms with Crippen molar-refractivity contribution in [2.75, 3.05) is 47.5 Å². The van der Waals surface area contributed by atoms with Crippen LogP contribution in [-0.2, 0) is 32.7 Å². The molecule has 0 radical (unpaired) electrons. The number of likely N-dealkylation sites (N-methyl/N-ethyl adjacent to an activating group) is 1. The second-order valence-electron chi connectivity index (χ2n) is 22.4. The summed E-state index contributed by atoms with van der Waals surface area (Å²) in [6.07, 6.45) is 95.9. The van der Waals surface area contributed by atoms with Gasteiger partial charge in [0.25, 0.3) is 0 Å². The van der Waals surface area contributed by atoms with Crippen molar-refractivity contribution >= 4 is 19.8 Å². The zero-order valence-corrected chi connectivity index (χ0v) is 54.7. The Balaban J connectivity index is 4.24. The lowest BCUT2D eigenvalue weighted by molar-refractivity contribution is -0.870. The molecule has 10 heteroatoms. The van der Waals surface area contributed by atoms with Crippen molar-refractivity contribution in [2.45, 2.75) is 238 Å². The molecule has 2 unspecified atom stereocenters. The Morgan fingerprint density at radius 3 is 0.976 bits per heavy atom. The molecule has 0 fully saturated rings. The van der Waals surface area contributed by atoms with E-state index in [9.17, 15) is 19.0 Å². The number of allylic oxidation sites excluding steroid dienone is 28. The second-order valence-corrected chi connectivity index (χ2v) is 23.8. The summed E-state index contributed by atoms with van der Waals surface area (Å²) in [7, 11) is 1.42. The van der Waals surface area contributed by atoms with Crippen LogP contribution in [0.3, 0.4) is 0 Å². The van der Waals surface area contributed by atoms with E-state index in [1.807, 2.05) is 21.1 Å². The van der Waals surface area contributed by atoms with Crippen molar-refractivity contribution in [3.63, 3.8) is 0 Å². The second kappa shape index (κ2) is 62.9. The largest absolute Gasteiger partial charge is 0.472 e. The van der Waals surface area contributed by atoms with Crippen LogP contribution < -0.4 is 0 Å². The Morgan fingerprint density at radius 2 is 0.643 bits per heavy atom. The molecule has 474 valence electrons. The van der Waals surface area contributed by atoms with Crippen molar-refractivity contribution in [3.05, 3.63) is 170 Å². The highest BCUT2D eigenvalue weighted by molar-refractivity contribution is 7.47. The normalized spacial score (nSPS) is 14.3. The molecular formula is C74H121NO8P+. The minimum atomic E-state index is -4.42. The topological polar surface area (TPSA) is 108 Å². The summed E-state index contributed by atoms with van der Waals surface area (Å²) >= 11 is 0. The summed E-state index contributed by atoms with van der Waals surface area (Å²) < 4.78 is 34.6. The van der Waals surface area contributed by atoms with Gasteiger partial charge in [0.05, 0.1) is 27.7 Å². The fourth-order valence-electron chi connectivity index (χ4n) is 8.27. The van der Waals surface area contributed by atoms with Crippen LogP contribution in [0.25, 0.3) is 0 Å². The molecule has 0 spiro atoms. The lowest BCUT2D eigenvalue weighted by atomic mass is 10.0. The first-order valence-corrected chi connectivity index (χ1v) is 34.4. The van der Waals surface area contributed by atoms with Crippen LogP contribution in [-0.4, -0.2) is 74.9 Å². The number of esters is 2. The van der Waals surface area contributed by atoms with Crippen LogP contribution in [0.5, 0.6) is 0 Å². The van der Waals surface area contributed by atoms with E-state index in [-0.39, 0.29) is 32.0 Å². The molecule has 0 saturated carbocycles. The van der Waals surface area contributed by atoms with Gasteiger partial charge in [-0.2, -0.15) is 0 Å². The number of hydrogen-bond acceptors (Lipinski definition) is 7. The highest BCUT2D eigenvalue weighted by Crippen LogP contribution is 2.43. The summed E-state index contributed by atoms with van der Waals surface area (Å²) in [4.78, 5) is 35.8. The smallest absolute Gasteiger partial charge is 0.462 e. The number of carbonyl (C=O) groups excluding carboxylic acids is 2. The van der Waals surface area contributed by atoms with Gasteiger partial charge >= 0.3 is 19.8 Å². The molecular weight excluding hydrogens is 1060 g/mol. The maximum Gasteiger partial charge on any atom is 0.472 e. The van der Waals surface area contributed by atoms with E-state index in [1.165, 1.54) is 77.0 Å². The SMILES string of the molecule is CC/C=C\C/C=C\C/C=C\C/C=C\C/C=C\C/C=C\C/C=C\C/C=C\C/C=C\C/C=C\CCCCC(=O)OC(COC(=O)CCCCCCCCCCCCCCCC/C=C\C/C=C\C/C=C\C/C=C\CC)COP(=O)(O)OCC[N+](C)(C)C. The number of nitrogens with zero attached hydrogens (tertiary/aromatic N) is 1. The molecule has 0 rings (SSSR count).